The fraction of sp³-hybridized carbons (Fsp3) is 0.200. The number of rotatable bonds is 4. The number of fused-ring (bicyclic) bond motifs is 1. The van der Waals surface area contributed by atoms with Gasteiger partial charge in [-0.3, -0.25) is 9.89 Å². The summed E-state index contributed by atoms with van der Waals surface area (Å²) in [6, 6.07) is 7.23. The van der Waals surface area contributed by atoms with Crippen LogP contribution >= 0.6 is 11.8 Å². The zero-order chi connectivity index (χ0) is 15.7. The van der Waals surface area contributed by atoms with E-state index in [1.807, 2.05) is 6.92 Å². The standard InChI is InChI=1S/C15H13F2N3OS/c1-2-10-6-12-18-13(7-14(21)20(12)19-10)22-8-9-4-3-5-11(16)15(9)17/h3-7,19H,2,8H2,1H3. The van der Waals surface area contributed by atoms with Crippen LogP contribution in [0.1, 0.15) is 18.2 Å². The molecule has 114 valence electrons. The quantitative estimate of drug-likeness (QED) is 0.593. The number of nitrogens with one attached hydrogen (secondary N) is 1. The Bertz CT molecular complexity index is 888. The molecule has 2 heterocycles. The highest BCUT2D eigenvalue weighted by Gasteiger charge is 2.10. The largest absolute Gasteiger partial charge is 0.294 e. The van der Waals surface area contributed by atoms with E-state index in [4.69, 9.17) is 0 Å². The zero-order valence-electron chi connectivity index (χ0n) is 11.8. The van der Waals surface area contributed by atoms with Crippen LogP contribution in [-0.4, -0.2) is 14.6 Å². The van der Waals surface area contributed by atoms with Gasteiger partial charge < -0.3 is 0 Å². The van der Waals surface area contributed by atoms with Gasteiger partial charge in [-0.1, -0.05) is 19.1 Å². The van der Waals surface area contributed by atoms with E-state index in [1.54, 1.807) is 6.07 Å². The average molecular weight is 321 g/mol. The summed E-state index contributed by atoms with van der Waals surface area (Å²) in [5.74, 6) is -1.53. The summed E-state index contributed by atoms with van der Waals surface area (Å²) in [7, 11) is 0. The van der Waals surface area contributed by atoms with E-state index < -0.39 is 11.6 Å². The summed E-state index contributed by atoms with van der Waals surface area (Å²) in [5.41, 5.74) is 1.44. The van der Waals surface area contributed by atoms with Crippen molar-refractivity contribution in [3.05, 3.63) is 63.6 Å². The normalized spacial score (nSPS) is 11.2. The van der Waals surface area contributed by atoms with Crippen LogP contribution in [0.3, 0.4) is 0 Å². The zero-order valence-corrected chi connectivity index (χ0v) is 12.6. The molecule has 0 saturated heterocycles. The number of aromatic amines is 1. The number of benzene rings is 1. The molecule has 0 saturated carbocycles. The van der Waals surface area contributed by atoms with E-state index in [0.29, 0.717) is 10.7 Å². The Labute approximate surface area is 129 Å². The Hall–Kier alpha value is -2.15. The maximum atomic E-state index is 13.6. The van der Waals surface area contributed by atoms with E-state index in [2.05, 4.69) is 10.1 Å². The molecule has 22 heavy (non-hydrogen) atoms. The third-order valence-electron chi connectivity index (χ3n) is 3.27. The van der Waals surface area contributed by atoms with Gasteiger partial charge in [0.1, 0.15) is 5.03 Å². The van der Waals surface area contributed by atoms with Crippen LogP contribution in [0.15, 0.2) is 40.2 Å². The number of nitrogens with zero attached hydrogens (tertiary/aromatic N) is 2. The Kier molecular flexibility index (Phi) is 3.98. The van der Waals surface area contributed by atoms with Crippen LogP contribution in [0.25, 0.3) is 5.65 Å². The summed E-state index contributed by atoms with van der Waals surface area (Å²) < 4.78 is 28.1. The highest BCUT2D eigenvalue weighted by Crippen LogP contribution is 2.23. The lowest BCUT2D eigenvalue weighted by Gasteiger charge is -2.03. The molecular weight excluding hydrogens is 308 g/mol. The van der Waals surface area contributed by atoms with E-state index in [-0.39, 0.29) is 16.9 Å². The number of hydrogen-bond donors (Lipinski definition) is 1. The highest BCUT2D eigenvalue weighted by molar-refractivity contribution is 7.98. The van der Waals surface area contributed by atoms with E-state index in [9.17, 15) is 13.6 Å². The molecule has 0 aliphatic rings. The lowest BCUT2D eigenvalue weighted by atomic mass is 10.2. The first-order chi connectivity index (χ1) is 10.6. The van der Waals surface area contributed by atoms with Gasteiger partial charge in [-0.05, 0) is 12.5 Å². The molecule has 0 unspecified atom stereocenters. The molecule has 0 aliphatic heterocycles. The Morgan fingerprint density at radius 1 is 1.32 bits per heavy atom. The molecule has 1 N–H and O–H groups in total. The monoisotopic (exact) mass is 321 g/mol. The van der Waals surface area contributed by atoms with Gasteiger partial charge in [0, 0.05) is 29.1 Å². The van der Waals surface area contributed by atoms with Crippen LogP contribution in [0.2, 0.25) is 0 Å². The lowest BCUT2D eigenvalue weighted by Crippen LogP contribution is -2.14. The summed E-state index contributed by atoms with van der Waals surface area (Å²) in [4.78, 5) is 16.4. The first kappa shape index (κ1) is 14.8. The van der Waals surface area contributed by atoms with Crippen LogP contribution in [0, 0.1) is 11.6 Å². The van der Waals surface area contributed by atoms with E-state index in [1.165, 1.54) is 34.5 Å². The van der Waals surface area contributed by atoms with Crippen molar-refractivity contribution in [1.29, 1.82) is 0 Å². The summed E-state index contributed by atoms with van der Waals surface area (Å²) in [5, 5.41) is 3.44. The van der Waals surface area contributed by atoms with Crippen molar-refractivity contribution in [2.45, 2.75) is 24.1 Å². The van der Waals surface area contributed by atoms with Crippen LogP contribution < -0.4 is 5.56 Å². The minimum Gasteiger partial charge on any atom is -0.294 e. The summed E-state index contributed by atoms with van der Waals surface area (Å²) in [6.07, 6.45) is 0.764. The fourth-order valence-electron chi connectivity index (χ4n) is 2.09. The van der Waals surface area contributed by atoms with Gasteiger partial charge in [-0.25, -0.2) is 18.3 Å². The van der Waals surface area contributed by atoms with Gasteiger partial charge in [0.05, 0.1) is 0 Å². The van der Waals surface area contributed by atoms with Crippen LogP contribution in [-0.2, 0) is 12.2 Å². The second-order valence-corrected chi connectivity index (χ2v) is 5.76. The minimum absolute atomic E-state index is 0.206. The predicted octanol–water partition coefficient (Wildman–Crippen LogP) is 3.16. The van der Waals surface area contributed by atoms with Gasteiger partial charge >= 0.3 is 0 Å². The second kappa shape index (κ2) is 5.92. The second-order valence-electron chi connectivity index (χ2n) is 4.76. The van der Waals surface area contributed by atoms with Crippen molar-refractivity contribution in [3.8, 4) is 0 Å². The maximum absolute atomic E-state index is 13.6. The smallest absolute Gasteiger partial charge is 0.273 e. The van der Waals surface area contributed by atoms with Gasteiger partial charge in [0.2, 0.25) is 0 Å². The maximum Gasteiger partial charge on any atom is 0.273 e. The molecule has 0 bridgehead atoms. The number of hydrogen-bond acceptors (Lipinski definition) is 3. The topological polar surface area (TPSA) is 50.2 Å². The predicted molar refractivity (Wildman–Crippen MR) is 81.1 cm³/mol. The van der Waals surface area contributed by atoms with Gasteiger partial charge in [-0.15, -0.1) is 11.8 Å². The fourth-order valence-corrected chi connectivity index (χ4v) is 2.95. The van der Waals surface area contributed by atoms with Gasteiger partial charge in [-0.2, -0.15) is 0 Å². The molecule has 7 heteroatoms. The summed E-state index contributed by atoms with van der Waals surface area (Å²) in [6.45, 7) is 1.97. The number of H-pyrrole nitrogens is 1. The number of thioether (sulfide) groups is 1. The molecular formula is C15H13F2N3OS. The van der Waals surface area contributed by atoms with E-state index in [0.717, 1.165) is 18.2 Å². The van der Waals surface area contributed by atoms with Gasteiger partial charge in [0.15, 0.2) is 17.3 Å². The molecule has 2 aromatic heterocycles. The van der Waals surface area contributed by atoms with Crippen molar-refractivity contribution < 1.29 is 8.78 Å². The Balaban J connectivity index is 1.88. The summed E-state index contributed by atoms with van der Waals surface area (Å²) >= 11 is 1.20. The highest BCUT2D eigenvalue weighted by atomic mass is 32.2. The Morgan fingerprint density at radius 2 is 2.14 bits per heavy atom. The lowest BCUT2D eigenvalue weighted by molar-refractivity contribution is 0.502. The SMILES string of the molecule is CCc1cc2nc(SCc3cccc(F)c3F)cc(=O)n2[nH]1. The number of halogens is 2. The molecule has 3 rings (SSSR count). The molecule has 0 amide bonds. The van der Waals surface area contributed by atoms with Crippen molar-refractivity contribution in [2.75, 3.05) is 0 Å². The third-order valence-corrected chi connectivity index (χ3v) is 4.23. The molecule has 0 fully saturated rings. The molecule has 1 aromatic carbocycles. The number of aromatic nitrogens is 3. The molecule has 0 atom stereocenters. The van der Waals surface area contributed by atoms with Crippen LogP contribution in [0.4, 0.5) is 8.78 Å². The van der Waals surface area contributed by atoms with Crippen LogP contribution in [0.5, 0.6) is 0 Å². The van der Waals surface area contributed by atoms with Gasteiger partial charge in [0.25, 0.3) is 5.56 Å². The first-order valence-corrected chi connectivity index (χ1v) is 7.74. The molecule has 0 aliphatic carbocycles. The van der Waals surface area contributed by atoms with Crippen molar-refractivity contribution >= 4 is 17.4 Å². The minimum atomic E-state index is -0.875. The van der Waals surface area contributed by atoms with Crippen molar-refractivity contribution in [1.82, 2.24) is 14.6 Å². The van der Waals surface area contributed by atoms with Crippen molar-refractivity contribution in [2.24, 2.45) is 0 Å². The number of aryl methyl sites for hydroxylation is 1. The van der Waals surface area contributed by atoms with Crippen molar-refractivity contribution in [3.63, 3.8) is 0 Å². The Morgan fingerprint density at radius 3 is 2.91 bits per heavy atom. The molecule has 0 spiro atoms. The molecule has 0 radical (unpaired) electrons. The molecule has 4 nitrogen and oxygen atoms in total. The molecule has 3 aromatic rings. The van der Waals surface area contributed by atoms with E-state index >= 15 is 0 Å². The third kappa shape index (κ3) is 2.76. The average Bonchev–Trinajstić information content (AvgIpc) is 2.92. The first-order valence-electron chi connectivity index (χ1n) is 6.76.